The first kappa shape index (κ1) is 19.3. The number of primary amides is 1. The number of nitrogens with one attached hydrogen (secondary N) is 1. The zero-order valence-corrected chi connectivity index (χ0v) is 16.3. The summed E-state index contributed by atoms with van der Waals surface area (Å²) in [5, 5.41) is 7.25. The molecule has 1 saturated carbocycles. The molecule has 146 valence electrons. The number of aryl methyl sites for hydroxylation is 2. The van der Waals surface area contributed by atoms with Gasteiger partial charge >= 0.3 is 0 Å². The van der Waals surface area contributed by atoms with Crippen molar-refractivity contribution in [1.82, 2.24) is 19.9 Å². The lowest BCUT2D eigenvalue weighted by atomic mass is 10.0. The van der Waals surface area contributed by atoms with E-state index in [-0.39, 0.29) is 5.91 Å². The molecule has 7 heteroatoms. The fourth-order valence-electron chi connectivity index (χ4n) is 4.09. The van der Waals surface area contributed by atoms with Crippen molar-refractivity contribution in [2.45, 2.75) is 65.2 Å². The predicted molar refractivity (Wildman–Crippen MR) is 104 cm³/mol. The zero-order valence-electron chi connectivity index (χ0n) is 16.3. The normalized spacial score (nSPS) is 14.7. The van der Waals surface area contributed by atoms with Gasteiger partial charge < -0.3 is 11.1 Å². The molecule has 0 radical (unpaired) electrons. The first-order valence-electron chi connectivity index (χ1n) is 9.87. The monoisotopic (exact) mass is 371 g/mol. The van der Waals surface area contributed by atoms with Crippen molar-refractivity contribution in [3.63, 3.8) is 0 Å². The smallest absolute Gasteiger partial charge is 0.254 e. The summed E-state index contributed by atoms with van der Waals surface area (Å²) in [4.78, 5) is 28.1. The van der Waals surface area contributed by atoms with Crippen LogP contribution in [0.4, 0.5) is 0 Å². The molecule has 2 aromatic rings. The van der Waals surface area contributed by atoms with E-state index < -0.39 is 5.91 Å². The molecule has 1 aliphatic carbocycles. The van der Waals surface area contributed by atoms with Gasteiger partial charge in [0, 0.05) is 24.4 Å². The van der Waals surface area contributed by atoms with E-state index in [9.17, 15) is 9.59 Å². The molecule has 1 fully saturated rings. The number of rotatable bonds is 8. The lowest BCUT2D eigenvalue weighted by Gasteiger charge is -2.12. The Kier molecular flexibility index (Phi) is 6.08. The first-order valence-corrected chi connectivity index (χ1v) is 9.87. The summed E-state index contributed by atoms with van der Waals surface area (Å²) in [6.45, 7) is 4.57. The van der Waals surface area contributed by atoms with E-state index in [4.69, 9.17) is 5.73 Å². The molecule has 3 N–H and O–H groups in total. The van der Waals surface area contributed by atoms with Crippen molar-refractivity contribution in [3.05, 3.63) is 28.7 Å². The highest BCUT2D eigenvalue weighted by molar-refractivity contribution is 5.98. The molecule has 0 bridgehead atoms. The minimum Gasteiger partial charge on any atom is -0.365 e. The maximum absolute atomic E-state index is 12.2. The largest absolute Gasteiger partial charge is 0.365 e. The van der Waals surface area contributed by atoms with Crippen LogP contribution in [0.1, 0.15) is 72.3 Å². The van der Waals surface area contributed by atoms with Gasteiger partial charge in [-0.1, -0.05) is 25.7 Å². The minimum atomic E-state index is -0.541. The van der Waals surface area contributed by atoms with Crippen LogP contribution in [0, 0.1) is 19.8 Å². The van der Waals surface area contributed by atoms with Gasteiger partial charge in [-0.3, -0.25) is 9.59 Å². The molecular formula is C20H29N5O2. The van der Waals surface area contributed by atoms with E-state index in [1.807, 2.05) is 13.8 Å². The predicted octanol–water partition coefficient (Wildman–Crippen LogP) is 2.46. The van der Waals surface area contributed by atoms with Crippen LogP contribution in [-0.4, -0.2) is 33.0 Å². The van der Waals surface area contributed by atoms with Gasteiger partial charge in [-0.05, 0) is 44.6 Å². The molecule has 7 nitrogen and oxygen atoms in total. The Balaban J connectivity index is 1.54. The van der Waals surface area contributed by atoms with Crippen LogP contribution >= 0.6 is 0 Å². The number of fused-ring (bicyclic) bond motifs is 1. The number of hydrogen-bond donors (Lipinski definition) is 2. The Morgan fingerprint density at radius 2 is 2.04 bits per heavy atom. The van der Waals surface area contributed by atoms with E-state index in [2.05, 4.69) is 15.4 Å². The molecule has 2 aromatic heterocycles. The molecule has 1 aliphatic rings. The number of hydrogen-bond acceptors (Lipinski definition) is 4. The van der Waals surface area contributed by atoms with E-state index in [0.29, 0.717) is 24.1 Å². The Morgan fingerprint density at radius 3 is 2.74 bits per heavy atom. The second-order valence-corrected chi connectivity index (χ2v) is 7.56. The Morgan fingerprint density at radius 1 is 1.30 bits per heavy atom. The average molecular weight is 371 g/mol. The molecule has 2 heterocycles. The molecule has 0 atom stereocenters. The highest BCUT2D eigenvalue weighted by Crippen LogP contribution is 2.28. The molecule has 0 saturated heterocycles. The Labute approximate surface area is 159 Å². The van der Waals surface area contributed by atoms with Gasteiger partial charge in [-0.25, -0.2) is 9.50 Å². The lowest BCUT2D eigenvalue weighted by Crippen LogP contribution is -2.25. The molecule has 0 aliphatic heterocycles. The van der Waals surface area contributed by atoms with E-state index in [0.717, 1.165) is 35.8 Å². The van der Waals surface area contributed by atoms with Crippen LogP contribution in [0.25, 0.3) is 5.65 Å². The molecule has 27 heavy (non-hydrogen) atoms. The van der Waals surface area contributed by atoms with Gasteiger partial charge in [0.15, 0.2) is 5.65 Å². The van der Waals surface area contributed by atoms with Crippen molar-refractivity contribution in [3.8, 4) is 0 Å². The van der Waals surface area contributed by atoms with Gasteiger partial charge in [0.25, 0.3) is 5.91 Å². The first-order chi connectivity index (χ1) is 13.0. The standard InChI is InChI=1S/C20H29N5O2/c1-13-16(14(2)25-20(24-13)17(12-23-25)19(21)27)9-10-18(26)22-11-5-8-15-6-3-4-7-15/h12,15H,3-11H2,1-2H3,(H2,21,27)(H,22,26). The molecular weight excluding hydrogens is 342 g/mol. The molecule has 0 spiro atoms. The molecule has 2 amide bonds. The fourth-order valence-corrected chi connectivity index (χ4v) is 4.09. The fraction of sp³-hybridized carbons (Fsp3) is 0.600. The SMILES string of the molecule is Cc1nc2c(C(N)=O)cnn2c(C)c1CCC(=O)NCCCC1CCCC1. The van der Waals surface area contributed by atoms with Crippen molar-refractivity contribution in [1.29, 1.82) is 0 Å². The van der Waals surface area contributed by atoms with E-state index in [1.165, 1.54) is 38.3 Å². The summed E-state index contributed by atoms with van der Waals surface area (Å²) in [6, 6.07) is 0. The van der Waals surface area contributed by atoms with Gasteiger partial charge in [0.2, 0.25) is 5.91 Å². The summed E-state index contributed by atoms with van der Waals surface area (Å²) < 4.78 is 1.63. The summed E-state index contributed by atoms with van der Waals surface area (Å²) in [6.07, 6.45) is 10.2. The zero-order chi connectivity index (χ0) is 19.4. The average Bonchev–Trinajstić information content (AvgIpc) is 3.28. The second-order valence-electron chi connectivity index (χ2n) is 7.56. The van der Waals surface area contributed by atoms with Crippen molar-refractivity contribution >= 4 is 17.5 Å². The van der Waals surface area contributed by atoms with Crippen LogP contribution in [0.2, 0.25) is 0 Å². The molecule has 0 aromatic carbocycles. The Bertz CT molecular complexity index is 836. The van der Waals surface area contributed by atoms with Crippen LogP contribution in [0.3, 0.4) is 0 Å². The number of nitrogens with zero attached hydrogens (tertiary/aromatic N) is 3. The third-order valence-corrected chi connectivity index (χ3v) is 5.66. The minimum absolute atomic E-state index is 0.0682. The highest BCUT2D eigenvalue weighted by Gasteiger charge is 2.17. The summed E-state index contributed by atoms with van der Waals surface area (Å²) in [7, 11) is 0. The van der Waals surface area contributed by atoms with Crippen molar-refractivity contribution < 1.29 is 9.59 Å². The molecule has 3 rings (SSSR count). The maximum atomic E-state index is 12.2. The number of amides is 2. The quantitative estimate of drug-likeness (QED) is 0.696. The lowest BCUT2D eigenvalue weighted by molar-refractivity contribution is -0.121. The number of nitrogens with two attached hydrogens (primary N) is 1. The van der Waals surface area contributed by atoms with Crippen molar-refractivity contribution in [2.75, 3.05) is 6.54 Å². The summed E-state index contributed by atoms with van der Waals surface area (Å²) in [5.74, 6) is 0.393. The van der Waals surface area contributed by atoms with Crippen LogP contribution in [0.15, 0.2) is 6.20 Å². The van der Waals surface area contributed by atoms with Crippen LogP contribution in [-0.2, 0) is 11.2 Å². The Hall–Kier alpha value is -2.44. The number of carbonyl (C=O) groups is 2. The third-order valence-electron chi connectivity index (χ3n) is 5.66. The summed E-state index contributed by atoms with van der Waals surface area (Å²) in [5.41, 5.74) is 8.84. The third kappa shape index (κ3) is 4.46. The number of aromatic nitrogens is 3. The van der Waals surface area contributed by atoms with Gasteiger partial charge in [0.05, 0.1) is 6.20 Å². The number of carbonyl (C=O) groups excluding carboxylic acids is 2. The van der Waals surface area contributed by atoms with E-state index >= 15 is 0 Å². The maximum Gasteiger partial charge on any atom is 0.254 e. The van der Waals surface area contributed by atoms with Crippen molar-refractivity contribution in [2.24, 2.45) is 11.7 Å². The topological polar surface area (TPSA) is 102 Å². The van der Waals surface area contributed by atoms with Gasteiger partial charge in [-0.15, -0.1) is 0 Å². The van der Waals surface area contributed by atoms with Crippen LogP contribution < -0.4 is 11.1 Å². The summed E-state index contributed by atoms with van der Waals surface area (Å²) >= 11 is 0. The second kappa shape index (κ2) is 8.50. The highest BCUT2D eigenvalue weighted by atomic mass is 16.1. The molecule has 0 unspecified atom stereocenters. The van der Waals surface area contributed by atoms with E-state index in [1.54, 1.807) is 4.52 Å². The van der Waals surface area contributed by atoms with Gasteiger partial charge in [0.1, 0.15) is 5.56 Å². The van der Waals surface area contributed by atoms with Gasteiger partial charge in [-0.2, -0.15) is 5.10 Å². The van der Waals surface area contributed by atoms with Crippen LogP contribution in [0.5, 0.6) is 0 Å².